The van der Waals surface area contributed by atoms with Gasteiger partial charge in [0.15, 0.2) is 5.82 Å². The lowest BCUT2D eigenvalue weighted by atomic mass is 9.97. The normalized spacial score (nSPS) is 14.3. The molecule has 0 atom stereocenters. The van der Waals surface area contributed by atoms with Crippen LogP contribution in [-0.2, 0) is 12.8 Å². The fourth-order valence-electron chi connectivity index (χ4n) is 2.93. The second-order valence-electron chi connectivity index (χ2n) is 5.54. The molecule has 0 aliphatic heterocycles. The van der Waals surface area contributed by atoms with Gasteiger partial charge in [-0.2, -0.15) is 5.10 Å². The number of benzene rings is 1. The second kappa shape index (κ2) is 6.04. The van der Waals surface area contributed by atoms with Crippen LogP contribution in [0.15, 0.2) is 35.7 Å². The third-order valence-corrected chi connectivity index (χ3v) is 5.18. The topological polar surface area (TPSA) is 50.2 Å². The number of aromatic nitrogens is 2. The Bertz CT molecular complexity index is 887. The van der Waals surface area contributed by atoms with Crippen molar-refractivity contribution in [3.63, 3.8) is 0 Å². The molecule has 0 fully saturated rings. The quantitative estimate of drug-likeness (QED) is 0.581. The number of fused-ring (bicyclic) bond motifs is 3. The van der Waals surface area contributed by atoms with E-state index in [1.54, 1.807) is 36.0 Å². The van der Waals surface area contributed by atoms with Crippen LogP contribution in [-0.4, -0.2) is 16.2 Å². The largest absolute Gasteiger partial charge is 0.261 e. The summed E-state index contributed by atoms with van der Waals surface area (Å²) < 4.78 is 13.2. The van der Waals surface area contributed by atoms with Crippen molar-refractivity contribution in [1.29, 1.82) is 0 Å². The Morgan fingerprint density at radius 1 is 1.22 bits per heavy atom. The molecule has 23 heavy (non-hydrogen) atoms. The Balaban J connectivity index is 1.65. The lowest BCUT2D eigenvalue weighted by Crippen LogP contribution is -2.01. The van der Waals surface area contributed by atoms with Gasteiger partial charge < -0.3 is 0 Å². The molecule has 4 rings (SSSR count). The molecule has 0 radical (unpaired) electrons. The first kappa shape index (κ1) is 14.3. The molecule has 0 amide bonds. The summed E-state index contributed by atoms with van der Waals surface area (Å²) in [6, 6.07) is 6.31. The minimum Gasteiger partial charge on any atom is -0.261 e. The first-order valence-corrected chi connectivity index (χ1v) is 8.43. The highest BCUT2D eigenvalue weighted by molar-refractivity contribution is 7.19. The number of nitrogens with one attached hydrogen (secondary N) is 1. The van der Waals surface area contributed by atoms with Gasteiger partial charge in [-0.05, 0) is 48.9 Å². The van der Waals surface area contributed by atoms with Crippen molar-refractivity contribution in [2.75, 3.05) is 5.43 Å². The molecule has 1 aliphatic rings. The fourth-order valence-corrected chi connectivity index (χ4v) is 4.16. The van der Waals surface area contributed by atoms with Crippen LogP contribution in [0.1, 0.15) is 28.8 Å². The van der Waals surface area contributed by atoms with E-state index >= 15 is 0 Å². The molecule has 1 aromatic carbocycles. The molecule has 3 aromatic rings. The highest BCUT2D eigenvalue weighted by Crippen LogP contribution is 2.38. The number of anilines is 1. The second-order valence-corrected chi connectivity index (χ2v) is 6.62. The van der Waals surface area contributed by atoms with E-state index in [4.69, 9.17) is 0 Å². The number of halogens is 1. The van der Waals surface area contributed by atoms with Crippen molar-refractivity contribution in [3.8, 4) is 0 Å². The standard InChI is InChI=1S/C17H15FN4S/c18-12-5-3-4-11(8-12)9-21-22-16-15-13-6-1-2-7-14(13)23-17(15)20-10-19-16/h3-5,8-10H,1-2,6-7H2,(H,19,20,22)/b21-9+. The van der Waals surface area contributed by atoms with Gasteiger partial charge in [0, 0.05) is 4.88 Å². The van der Waals surface area contributed by atoms with Gasteiger partial charge >= 0.3 is 0 Å². The Morgan fingerprint density at radius 2 is 2.13 bits per heavy atom. The van der Waals surface area contributed by atoms with Crippen LogP contribution >= 0.6 is 11.3 Å². The zero-order valence-corrected chi connectivity index (χ0v) is 13.2. The van der Waals surface area contributed by atoms with E-state index in [1.165, 1.54) is 35.4 Å². The van der Waals surface area contributed by atoms with Crippen molar-refractivity contribution in [3.05, 3.63) is 52.4 Å². The summed E-state index contributed by atoms with van der Waals surface area (Å²) in [4.78, 5) is 11.2. The Hall–Kier alpha value is -2.34. The smallest absolute Gasteiger partial charge is 0.158 e. The first-order valence-electron chi connectivity index (χ1n) is 7.61. The molecule has 0 spiro atoms. The van der Waals surface area contributed by atoms with Gasteiger partial charge in [0.25, 0.3) is 0 Å². The van der Waals surface area contributed by atoms with Crippen molar-refractivity contribution >= 4 is 33.6 Å². The maximum absolute atomic E-state index is 13.2. The van der Waals surface area contributed by atoms with Crippen LogP contribution in [0.5, 0.6) is 0 Å². The molecule has 4 nitrogen and oxygen atoms in total. The van der Waals surface area contributed by atoms with Gasteiger partial charge in [-0.3, -0.25) is 5.43 Å². The van der Waals surface area contributed by atoms with Crippen LogP contribution < -0.4 is 5.43 Å². The summed E-state index contributed by atoms with van der Waals surface area (Å²) in [7, 11) is 0. The zero-order chi connectivity index (χ0) is 15.6. The van der Waals surface area contributed by atoms with Gasteiger partial charge in [-0.1, -0.05) is 12.1 Å². The van der Waals surface area contributed by atoms with Crippen molar-refractivity contribution < 1.29 is 4.39 Å². The first-order chi connectivity index (χ1) is 11.3. The number of hydrogen-bond acceptors (Lipinski definition) is 5. The van der Waals surface area contributed by atoms with E-state index in [1.807, 2.05) is 0 Å². The monoisotopic (exact) mass is 326 g/mol. The van der Waals surface area contributed by atoms with E-state index in [-0.39, 0.29) is 5.82 Å². The molecule has 116 valence electrons. The van der Waals surface area contributed by atoms with E-state index in [0.717, 1.165) is 28.9 Å². The molecule has 0 bridgehead atoms. The number of thiophene rings is 1. The Labute approximate surface area is 137 Å². The molecule has 2 heterocycles. The third-order valence-electron chi connectivity index (χ3n) is 3.98. The number of hydrogen-bond donors (Lipinski definition) is 1. The van der Waals surface area contributed by atoms with Crippen LogP contribution in [0.3, 0.4) is 0 Å². The molecule has 0 unspecified atom stereocenters. The van der Waals surface area contributed by atoms with Gasteiger partial charge in [0.1, 0.15) is 17.0 Å². The van der Waals surface area contributed by atoms with Crippen molar-refractivity contribution in [2.24, 2.45) is 5.10 Å². The molecule has 0 saturated carbocycles. The molecule has 1 N–H and O–H groups in total. The highest BCUT2D eigenvalue weighted by Gasteiger charge is 2.19. The summed E-state index contributed by atoms with van der Waals surface area (Å²) in [6.45, 7) is 0. The number of rotatable bonds is 3. The molecule has 0 saturated heterocycles. The van der Waals surface area contributed by atoms with Crippen LogP contribution in [0, 0.1) is 5.82 Å². The van der Waals surface area contributed by atoms with E-state index in [0.29, 0.717) is 5.56 Å². The number of nitrogens with zero attached hydrogens (tertiary/aromatic N) is 3. The summed E-state index contributed by atoms with van der Waals surface area (Å²) >= 11 is 1.75. The van der Waals surface area contributed by atoms with Crippen molar-refractivity contribution in [2.45, 2.75) is 25.7 Å². The molecular formula is C17H15FN4S. The predicted octanol–water partition coefficient (Wildman–Crippen LogP) is 4.16. The SMILES string of the molecule is Fc1cccc(/C=N/Nc2ncnc3sc4c(c23)CCCC4)c1. The molecular weight excluding hydrogens is 311 g/mol. The predicted molar refractivity (Wildman–Crippen MR) is 91.7 cm³/mol. The molecule has 2 aromatic heterocycles. The molecule has 1 aliphatic carbocycles. The summed E-state index contributed by atoms with van der Waals surface area (Å²) in [5.74, 6) is 0.451. The maximum atomic E-state index is 13.2. The lowest BCUT2D eigenvalue weighted by molar-refractivity contribution is 0.627. The lowest BCUT2D eigenvalue weighted by Gasteiger charge is -2.11. The third kappa shape index (κ3) is 2.82. The summed E-state index contributed by atoms with van der Waals surface area (Å²) in [5.41, 5.74) is 5.06. The minimum absolute atomic E-state index is 0.273. The Kier molecular flexibility index (Phi) is 3.75. The minimum atomic E-state index is -0.273. The summed E-state index contributed by atoms with van der Waals surface area (Å²) in [5, 5.41) is 5.29. The van der Waals surface area contributed by atoms with Crippen LogP contribution in [0.25, 0.3) is 10.2 Å². The average Bonchev–Trinajstić information content (AvgIpc) is 2.94. The van der Waals surface area contributed by atoms with E-state index in [9.17, 15) is 4.39 Å². The van der Waals surface area contributed by atoms with Gasteiger partial charge in [-0.15, -0.1) is 11.3 Å². The van der Waals surface area contributed by atoms with Gasteiger partial charge in [0.2, 0.25) is 0 Å². The van der Waals surface area contributed by atoms with Crippen molar-refractivity contribution in [1.82, 2.24) is 9.97 Å². The van der Waals surface area contributed by atoms with Crippen LogP contribution in [0.2, 0.25) is 0 Å². The Morgan fingerprint density at radius 3 is 3.04 bits per heavy atom. The van der Waals surface area contributed by atoms with Gasteiger partial charge in [0.05, 0.1) is 11.6 Å². The maximum Gasteiger partial charge on any atom is 0.158 e. The van der Waals surface area contributed by atoms with Gasteiger partial charge in [-0.25, -0.2) is 14.4 Å². The fraction of sp³-hybridized carbons (Fsp3) is 0.235. The van der Waals surface area contributed by atoms with E-state index < -0.39 is 0 Å². The molecule has 6 heteroatoms. The average molecular weight is 326 g/mol. The zero-order valence-electron chi connectivity index (χ0n) is 12.4. The highest BCUT2D eigenvalue weighted by atomic mass is 32.1. The number of aryl methyl sites for hydroxylation is 2. The summed E-state index contributed by atoms with van der Waals surface area (Å²) in [6.07, 6.45) is 7.81. The number of hydrazone groups is 1. The van der Waals surface area contributed by atoms with E-state index in [2.05, 4.69) is 20.5 Å². The van der Waals surface area contributed by atoms with Crippen LogP contribution in [0.4, 0.5) is 10.2 Å².